The van der Waals surface area contributed by atoms with Crippen LogP contribution in [0.15, 0.2) is 42.5 Å². The molecule has 5 nitrogen and oxygen atoms in total. The average Bonchev–Trinajstić information content (AvgIpc) is 3.42. The Hall–Kier alpha value is -2.34. The third kappa shape index (κ3) is 3.55. The molecule has 0 bridgehead atoms. The van der Waals surface area contributed by atoms with Crippen molar-refractivity contribution in [1.82, 2.24) is 9.88 Å². The van der Waals surface area contributed by atoms with Gasteiger partial charge in [-0.25, -0.2) is 0 Å². The van der Waals surface area contributed by atoms with Crippen molar-refractivity contribution >= 4 is 45.8 Å². The van der Waals surface area contributed by atoms with Crippen LogP contribution in [0, 0.1) is 5.92 Å². The maximum atomic E-state index is 13.3. The molecule has 2 fully saturated rings. The van der Waals surface area contributed by atoms with Crippen molar-refractivity contribution in [3.63, 3.8) is 0 Å². The summed E-state index contributed by atoms with van der Waals surface area (Å²) in [5.41, 5.74) is 2.35. The largest absolute Gasteiger partial charge is 0.379 e. The van der Waals surface area contributed by atoms with Gasteiger partial charge in [0.1, 0.15) is 5.69 Å². The third-order valence-corrected chi connectivity index (χ3v) is 7.21. The fraction of sp³-hybridized carbons (Fsp3) is 0.333. The summed E-state index contributed by atoms with van der Waals surface area (Å²) in [5, 5.41) is 4.82. The van der Waals surface area contributed by atoms with Gasteiger partial charge in [0.25, 0.3) is 5.91 Å². The molecule has 0 spiro atoms. The van der Waals surface area contributed by atoms with Crippen LogP contribution >= 0.6 is 23.2 Å². The lowest BCUT2D eigenvalue weighted by Crippen LogP contribution is -2.47. The first-order chi connectivity index (χ1) is 14.9. The molecule has 1 atom stereocenters. The number of aryl methyl sites for hydroxylation is 1. The molecule has 2 heterocycles. The fourth-order valence-corrected chi connectivity index (χ4v) is 4.73. The second-order valence-corrected chi connectivity index (χ2v) is 9.22. The number of nitrogens with one attached hydrogen (secondary N) is 1. The van der Waals surface area contributed by atoms with Crippen molar-refractivity contribution in [1.29, 1.82) is 0 Å². The van der Waals surface area contributed by atoms with E-state index < -0.39 is 5.54 Å². The summed E-state index contributed by atoms with van der Waals surface area (Å²) in [5.74, 6) is 0.175. The number of ether oxygens (including phenoxy) is 1. The van der Waals surface area contributed by atoms with E-state index in [1.54, 1.807) is 12.1 Å². The zero-order valence-electron chi connectivity index (χ0n) is 17.1. The van der Waals surface area contributed by atoms with Gasteiger partial charge in [-0.2, -0.15) is 0 Å². The normalized spacial score (nSPS) is 20.9. The van der Waals surface area contributed by atoms with Crippen LogP contribution in [0.2, 0.25) is 10.0 Å². The average molecular weight is 457 g/mol. The monoisotopic (exact) mass is 456 g/mol. The fourth-order valence-electron chi connectivity index (χ4n) is 4.35. The highest BCUT2D eigenvalue weighted by Gasteiger charge is 2.39. The maximum absolute atomic E-state index is 13.3. The van der Waals surface area contributed by atoms with E-state index in [0.29, 0.717) is 35.4 Å². The Morgan fingerprint density at radius 2 is 1.87 bits per heavy atom. The van der Waals surface area contributed by atoms with Gasteiger partial charge in [0, 0.05) is 42.5 Å². The Morgan fingerprint density at radius 3 is 2.52 bits per heavy atom. The van der Waals surface area contributed by atoms with Crippen molar-refractivity contribution in [2.75, 3.05) is 13.2 Å². The number of aromatic nitrogens is 1. The smallest absolute Gasteiger partial charge is 0.268 e. The lowest BCUT2D eigenvalue weighted by atomic mass is 9.87. The Balaban J connectivity index is 1.46. The lowest BCUT2D eigenvalue weighted by Gasteiger charge is -2.29. The highest BCUT2D eigenvalue weighted by Crippen LogP contribution is 2.36. The van der Waals surface area contributed by atoms with Crippen LogP contribution in [0.1, 0.15) is 45.7 Å². The molecule has 3 aromatic rings. The number of nitrogens with zero attached hydrogens (tertiary/aromatic N) is 1. The van der Waals surface area contributed by atoms with E-state index in [2.05, 4.69) is 5.32 Å². The number of Topliss-reactive ketones (excluding diaryl/α,β-unsaturated/α-hetero) is 1. The van der Waals surface area contributed by atoms with Gasteiger partial charge in [-0.05, 0) is 36.6 Å². The van der Waals surface area contributed by atoms with Gasteiger partial charge >= 0.3 is 0 Å². The van der Waals surface area contributed by atoms with Crippen LogP contribution < -0.4 is 5.32 Å². The van der Waals surface area contributed by atoms with Crippen molar-refractivity contribution in [3.05, 3.63) is 69.3 Å². The number of carbonyl (C=O) groups excluding carboxylic acids is 2. The van der Waals surface area contributed by atoms with Crippen molar-refractivity contribution in [3.8, 4) is 0 Å². The minimum atomic E-state index is -0.643. The van der Waals surface area contributed by atoms with Crippen molar-refractivity contribution < 1.29 is 14.3 Å². The molecule has 1 amide bonds. The molecule has 1 saturated carbocycles. The molecule has 1 aromatic heterocycles. The number of benzene rings is 2. The molecule has 0 radical (unpaired) electrons. The van der Waals surface area contributed by atoms with E-state index >= 15 is 0 Å². The molecule has 2 aliphatic rings. The first-order valence-corrected chi connectivity index (χ1v) is 11.1. The van der Waals surface area contributed by atoms with Crippen LogP contribution in [0.25, 0.3) is 10.9 Å². The molecule has 1 unspecified atom stereocenters. The number of carbonyl (C=O) groups is 2. The number of rotatable bonds is 5. The lowest BCUT2D eigenvalue weighted by molar-refractivity contribution is 0.0867. The van der Waals surface area contributed by atoms with E-state index in [-0.39, 0.29) is 17.6 Å². The molecule has 5 rings (SSSR count). The second-order valence-electron chi connectivity index (χ2n) is 8.44. The van der Waals surface area contributed by atoms with Crippen LogP contribution in [0.5, 0.6) is 0 Å². The predicted molar refractivity (Wildman–Crippen MR) is 121 cm³/mol. The zero-order chi connectivity index (χ0) is 21.8. The molecule has 31 heavy (non-hydrogen) atoms. The number of amides is 1. The zero-order valence-corrected chi connectivity index (χ0v) is 18.6. The van der Waals surface area contributed by atoms with E-state index in [4.69, 9.17) is 27.9 Å². The third-order valence-electron chi connectivity index (χ3n) is 6.39. The molecule has 1 N–H and O–H groups in total. The van der Waals surface area contributed by atoms with E-state index in [9.17, 15) is 9.59 Å². The summed E-state index contributed by atoms with van der Waals surface area (Å²) >= 11 is 12.5. The van der Waals surface area contributed by atoms with E-state index in [1.807, 2.05) is 41.9 Å². The summed E-state index contributed by atoms with van der Waals surface area (Å²) in [6.07, 6.45) is 2.62. The van der Waals surface area contributed by atoms with Crippen molar-refractivity contribution in [2.24, 2.45) is 13.0 Å². The highest BCUT2D eigenvalue weighted by molar-refractivity contribution is 6.45. The summed E-state index contributed by atoms with van der Waals surface area (Å²) in [4.78, 5) is 25.7. The van der Waals surface area contributed by atoms with Crippen LogP contribution in [-0.4, -0.2) is 29.5 Å². The molecule has 1 aliphatic carbocycles. The van der Waals surface area contributed by atoms with E-state index in [1.165, 1.54) is 0 Å². The molecular weight excluding hydrogens is 435 g/mol. The van der Waals surface area contributed by atoms with Crippen LogP contribution in [-0.2, 0) is 17.3 Å². The highest BCUT2D eigenvalue weighted by atomic mass is 35.5. The summed E-state index contributed by atoms with van der Waals surface area (Å²) in [7, 11) is 1.83. The van der Waals surface area contributed by atoms with E-state index in [0.717, 1.165) is 34.9 Å². The first kappa shape index (κ1) is 20.6. The molecule has 1 aliphatic heterocycles. The first-order valence-electron chi connectivity index (χ1n) is 10.4. The molecule has 160 valence electrons. The SMILES string of the molecule is Cn1c(C(=O)NC2(c3ccc(C(=O)C4CC4)cc3)CCOC2)cc2c(Cl)c(Cl)ccc21. The molecule has 1 saturated heterocycles. The van der Waals surface area contributed by atoms with Gasteiger partial charge in [0.2, 0.25) is 0 Å². The Labute approximate surface area is 190 Å². The maximum Gasteiger partial charge on any atom is 0.268 e. The van der Waals surface area contributed by atoms with Crippen LogP contribution in [0.3, 0.4) is 0 Å². The van der Waals surface area contributed by atoms with Crippen molar-refractivity contribution in [2.45, 2.75) is 24.8 Å². The number of hydrogen-bond acceptors (Lipinski definition) is 3. The Kier molecular flexibility index (Phi) is 5.08. The van der Waals surface area contributed by atoms with Gasteiger partial charge < -0.3 is 14.6 Å². The standard InChI is InChI=1S/C24H22Cl2N2O3/c1-28-19-9-8-18(25)21(26)17(19)12-20(28)23(30)27-24(10-11-31-13-24)16-6-4-15(5-7-16)22(29)14-2-3-14/h4-9,12,14H,2-3,10-11,13H2,1H3,(H,27,30). The number of hydrogen-bond donors (Lipinski definition) is 1. The number of halogens is 2. The Bertz CT molecular complexity index is 1190. The predicted octanol–water partition coefficient (Wildman–Crippen LogP) is 5.12. The van der Waals surface area contributed by atoms with Gasteiger partial charge in [0.15, 0.2) is 5.78 Å². The summed E-state index contributed by atoms with van der Waals surface area (Å²) in [6, 6.07) is 12.9. The topological polar surface area (TPSA) is 60.3 Å². The second kappa shape index (κ2) is 7.66. The molecule has 2 aromatic carbocycles. The molecule has 7 heteroatoms. The number of fused-ring (bicyclic) bond motifs is 1. The molecular formula is C24H22Cl2N2O3. The quantitative estimate of drug-likeness (QED) is 0.541. The summed E-state index contributed by atoms with van der Waals surface area (Å²) in [6.45, 7) is 0.935. The minimum absolute atomic E-state index is 0.182. The Morgan fingerprint density at radius 1 is 1.13 bits per heavy atom. The minimum Gasteiger partial charge on any atom is -0.379 e. The summed E-state index contributed by atoms with van der Waals surface area (Å²) < 4.78 is 7.49. The van der Waals surface area contributed by atoms with Crippen LogP contribution in [0.4, 0.5) is 0 Å². The van der Waals surface area contributed by atoms with Gasteiger partial charge in [-0.1, -0.05) is 47.5 Å². The number of ketones is 1. The van der Waals surface area contributed by atoms with Gasteiger partial charge in [-0.3, -0.25) is 9.59 Å². The van der Waals surface area contributed by atoms with Gasteiger partial charge in [0.05, 0.1) is 22.2 Å². The van der Waals surface area contributed by atoms with Gasteiger partial charge in [-0.15, -0.1) is 0 Å².